The molecule has 3 amide bonds. The molecule has 1 aliphatic heterocycles. The Hall–Kier alpha value is -4.09. The lowest BCUT2D eigenvalue weighted by molar-refractivity contribution is -0.123. The van der Waals surface area contributed by atoms with Crippen molar-refractivity contribution in [3.05, 3.63) is 99.2 Å². The molecule has 0 aromatic heterocycles. The smallest absolute Gasteiger partial charge is 0.329 e. The highest BCUT2D eigenvalue weighted by atomic mass is 79.9. The lowest BCUT2D eigenvalue weighted by Crippen LogP contribution is -2.30. The summed E-state index contributed by atoms with van der Waals surface area (Å²) in [7, 11) is 1.53. The van der Waals surface area contributed by atoms with Crippen molar-refractivity contribution in [2.45, 2.75) is 13.2 Å². The van der Waals surface area contributed by atoms with Gasteiger partial charge in [-0.1, -0.05) is 42.5 Å². The number of ether oxygens (including phenoxy) is 2. The number of carbonyl (C=O) groups is 2. The molecule has 1 N–H and O–H groups in total. The number of urea groups is 1. The Kier molecular flexibility index (Phi) is 6.95. The molecule has 7 nitrogen and oxygen atoms in total. The van der Waals surface area contributed by atoms with Gasteiger partial charge in [-0.25, -0.2) is 4.79 Å². The third kappa shape index (κ3) is 5.11. The zero-order valence-corrected chi connectivity index (χ0v) is 19.8. The fraction of sp³-hybridized carbons (Fsp3) is 0.115. The summed E-state index contributed by atoms with van der Waals surface area (Å²) >= 11 is 3.51. The molecule has 170 valence electrons. The number of nitriles is 1. The number of methoxy groups -OCH3 is 1. The zero-order chi connectivity index (χ0) is 24.1. The first-order chi connectivity index (χ1) is 16.5. The van der Waals surface area contributed by atoms with E-state index in [0.717, 1.165) is 11.1 Å². The Labute approximate surface area is 205 Å². The third-order valence-electron chi connectivity index (χ3n) is 5.17. The number of hydrogen-bond acceptors (Lipinski definition) is 5. The largest absolute Gasteiger partial charge is 0.493 e. The highest BCUT2D eigenvalue weighted by Gasteiger charge is 2.33. The molecular weight excluding hydrogens is 498 g/mol. The van der Waals surface area contributed by atoms with Crippen molar-refractivity contribution in [2.24, 2.45) is 0 Å². The highest BCUT2D eigenvalue weighted by Crippen LogP contribution is 2.38. The molecule has 3 aromatic rings. The predicted octanol–water partition coefficient (Wildman–Crippen LogP) is 5.00. The van der Waals surface area contributed by atoms with Crippen LogP contribution in [0.4, 0.5) is 4.79 Å². The van der Waals surface area contributed by atoms with E-state index in [2.05, 4.69) is 27.3 Å². The number of halogens is 1. The maximum absolute atomic E-state index is 12.8. The Morgan fingerprint density at radius 2 is 1.79 bits per heavy atom. The maximum atomic E-state index is 12.8. The van der Waals surface area contributed by atoms with Gasteiger partial charge in [0.1, 0.15) is 12.3 Å². The van der Waals surface area contributed by atoms with Crippen LogP contribution in [0.15, 0.2) is 76.9 Å². The van der Waals surface area contributed by atoms with Crippen molar-refractivity contribution >= 4 is 33.9 Å². The molecule has 1 fully saturated rings. The van der Waals surface area contributed by atoms with Crippen molar-refractivity contribution in [1.29, 1.82) is 5.26 Å². The Morgan fingerprint density at radius 3 is 2.47 bits per heavy atom. The van der Waals surface area contributed by atoms with Crippen LogP contribution in [0, 0.1) is 11.3 Å². The van der Waals surface area contributed by atoms with Gasteiger partial charge in [-0.2, -0.15) is 5.26 Å². The standard InChI is InChI=1S/C26H20BrN3O4/c1-33-23-13-20(11-21(27)24(23)34-16-19-9-7-17(14-28)8-10-19)12-22-25(31)30(26(32)29-22)15-18-5-3-2-4-6-18/h2-13H,15-16H2,1H3,(H,29,32)/b22-12+. The van der Waals surface area contributed by atoms with Gasteiger partial charge in [-0.15, -0.1) is 0 Å². The van der Waals surface area contributed by atoms with E-state index in [-0.39, 0.29) is 18.8 Å². The SMILES string of the molecule is COc1cc(/C=C2/NC(=O)N(Cc3ccccc3)C2=O)cc(Br)c1OCc1ccc(C#N)cc1. The number of amides is 3. The predicted molar refractivity (Wildman–Crippen MR) is 130 cm³/mol. The van der Waals surface area contributed by atoms with Crippen LogP contribution in [0.5, 0.6) is 11.5 Å². The lowest BCUT2D eigenvalue weighted by Gasteiger charge is -2.14. The van der Waals surface area contributed by atoms with Gasteiger partial charge in [0.25, 0.3) is 5.91 Å². The first kappa shape index (κ1) is 23.1. The van der Waals surface area contributed by atoms with Crippen LogP contribution in [0.1, 0.15) is 22.3 Å². The fourth-order valence-corrected chi connectivity index (χ4v) is 4.02. The average molecular weight is 518 g/mol. The highest BCUT2D eigenvalue weighted by molar-refractivity contribution is 9.10. The Balaban J connectivity index is 1.52. The molecular formula is C26H20BrN3O4. The molecule has 4 rings (SSSR count). The van der Waals surface area contributed by atoms with Crippen LogP contribution < -0.4 is 14.8 Å². The van der Waals surface area contributed by atoms with Gasteiger partial charge >= 0.3 is 6.03 Å². The van der Waals surface area contributed by atoms with Crippen molar-refractivity contribution in [2.75, 3.05) is 7.11 Å². The second kappa shape index (κ2) is 10.2. The fourth-order valence-electron chi connectivity index (χ4n) is 3.44. The summed E-state index contributed by atoms with van der Waals surface area (Å²) < 4.78 is 12.1. The molecule has 0 saturated carbocycles. The summed E-state index contributed by atoms with van der Waals surface area (Å²) in [4.78, 5) is 26.4. The number of benzene rings is 3. The number of hydrogen-bond donors (Lipinski definition) is 1. The van der Waals surface area contributed by atoms with Gasteiger partial charge < -0.3 is 14.8 Å². The van der Waals surface area contributed by atoms with E-state index in [0.29, 0.717) is 27.1 Å². The maximum Gasteiger partial charge on any atom is 0.329 e. The van der Waals surface area contributed by atoms with Gasteiger partial charge in [-0.3, -0.25) is 9.69 Å². The van der Waals surface area contributed by atoms with Crippen LogP contribution in [0.25, 0.3) is 6.08 Å². The van der Waals surface area contributed by atoms with Crippen LogP contribution in [0.2, 0.25) is 0 Å². The minimum Gasteiger partial charge on any atom is -0.493 e. The molecule has 0 radical (unpaired) electrons. The van der Waals surface area contributed by atoms with Gasteiger partial charge in [0.2, 0.25) is 0 Å². The first-order valence-electron chi connectivity index (χ1n) is 10.4. The molecule has 0 aliphatic carbocycles. The topological polar surface area (TPSA) is 91.7 Å². The summed E-state index contributed by atoms with van der Waals surface area (Å²) in [5.41, 5.74) is 3.17. The summed E-state index contributed by atoms with van der Waals surface area (Å²) in [6.45, 7) is 0.474. The molecule has 8 heteroatoms. The number of nitrogens with one attached hydrogen (secondary N) is 1. The van der Waals surface area contributed by atoms with E-state index >= 15 is 0 Å². The molecule has 34 heavy (non-hydrogen) atoms. The van der Waals surface area contributed by atoms with Crippen molar-refractivity contribution in [3.8, 4) is 17.6 Å². The number of imide groups is 1. The summed E-state index contributed by atoms with van der Waals surface area (Å²) in [6.07, 6.45) is 1.60. The van der Waals surface area contributed by atoms with Crippen molar-refractivity contribution < 1.29 is 19.1 Å². The van der Waals surface area contributed by atoms with E-state index in [1.54, 1.807) is 30.3 Å². The van der Waals surface area contributed by atoms with E-state index < -0.39 is 11.9 Å². The lowest BCUT2D eigenvalue weighted by atomic mass is 10.1. The minimum absolute atomic E-state index is 0.182. The van der Waals surface area contributed by atoms with Crippen LogP contribution in [0.3, 0.4) is 0 Å². The molecule has 0 bridgehead atoms. The third-order valence-corrected chi connectivity index (χ3v) is 5.76. The Bertz CT molecular complexity index is 1300. The van der Waals surface area contributed by atoms with Crippen molar-refractivity contribution in [1.82, 2.24) is 10.2 Å². The van der Waals surface area contributed by atoms with E-state index in [4.69, 9.17) is 14.7 Å². The van der Waals surface area contributed by atoms with Gasteiger partial charge in [0.05, 0.1) is 29.8 Å². The zero-order valence-electron chi connectivity index (χ0n) is 18.2. The Morgan fingerprint density at radius 1 is 1.06 bits per heavy atom. The first-order valence-corrected chi connectivity index (χ1v) is 11.2. The van der Waals surface area contributed by atoms with E-state index in [1.807, 2.05) is 42.5 Å². The molecule has 0 unspecified atom stereocenters. The quantitative estimate of drug-likeness (QED) is 0.351. The monoisotopic (exact) mass is 517 g/mol. The number of rotatable bonds is 7. The van der Waals surface area contributed by atoms with Crippen LogP contribution >= 0.6 is 15.9 Å². The van der Waals surface area contributed by atoms with E-state index in [1.165, 1.54) is 12.0 Å². The van der Waals surface area contributed by atoms with Crippen LogP contribution in [-0.4, -0.2) is 23.9 Å². The molecule has 0 spiro atoms. The van der Waals surface area contributed by atoms with Gasteiger partial charge in [-0.05, 0) is 63.0 Å². The molecule has 1 aliphatic rings. The number of carbonyl (C=O) groups excluding carboxylic acids is 2. The van der Waals surface area contributed by atoms with E-state index in [9.17, 15) is 9.59 Å². The molecule has 3 aromatic carbocycles. The van der Waals surface area contributed by atoms with Gasteiger partial charge in [0, 0.05) is 0 Å². The normalized spacial score (nSPS) is 14.1. The average Bonchev–Trinajstić information content (AvgIpc) is 3.11. The van der Waals surface area contributed by atoms with Gasteiger partial charge in [0.15, 0.2) is 11.5 Å². The summed E-state index contributed by atoms with van der Waals surface area (Å²) in [5, 5.41) is 11.6. The summed E-state index contributed by atoms with van der Waals surface area (Å²) in [6, 6.07) is 21.6. The molecule has 1 saturated heterocycles. The van der Waals surface area contributed by atoms with Crippen molar-refractivity contribution in [3.63, 3.8) is 0 Å². The van der Waals surface area contributed by atoms with Crippen LogP contribution in [-0.2, 0) is 17.9 Å². The minimum atomic E-state index is -0.464. The second-order valence-electron chi connectivity index (χ2n) is 7.50. The molecule has 1 heterocycles. The summed E-state index contributed by atoms with van der Waals surface area (Å²) in [5.74, 6) is 0.569. The number of nitrogens with zero attached hydrogens (tertiary/aromatic N) is 2. The second-order valence-corrected chi connectivity index (χ2v) is 8.35. The molecule has 0 atom stereocenters.